The molecule has 0 saturated heterocycles. The van der Waals surface area contributed by atoms with E-state index in [0.29, 0.717) is 49.4 Å². The molecule has 10 nitrogen and oxygen atoms in total. The number of aromatic nitrogens is 4. The van der Waals surface area contributed by atoms with Crippen molar-refractivity contribution in [3.63, 3.8) is 0 Å². The van der Waals surface area contributed by atoms with Gasteiger partial charge in [0.05, 0.1) is 57.2 Å². The molecule has 6 aliphatic rings. The molecule has 0 radical (unpaired) electrons. The van der Waals surface area contributed by atoms with E-state index >= 15 is 0 Å². The predicted molar refractivity (Wildman–Crippen MR) is 264 cm³/mol. The van der Waals surface area contributed by atoms with Crippen LogP contribution in [0.2, 0.25) is 0 Å². The molecule has 4 aromatic rings. The number of nitrogens with one attached hydrogen (secondary N) is 4. The summed E-state index contributed by atoms with van der Waals surface area (Å²) < 4.78 is 0. The smallest absolute Gasteiger partial charge is 0.229 e. The first-order valence-corrected chi connectivity index (χ1v) is 25.6. The maximum Gasteiger partial charge on any atom is 0.229 e. The molecule has 6 N–H and O–H groups in total. The maximum atomic E-state index is 13.6. The number of imidazole rings is 2. The molecule has 4 fully saturated rings. The molecular formula is C56H80N6O4. The predicted octanol–water partition coefficient (Wildman–Crippen LogP) is 11.8. The van der Waals surface area contributed by atoms with Gasteiger partial charge in [0.2, 0.25) is 11.8 Å². The van der Waals surface area contributed by atoms with Gasteiger partial charge < -0.3 is 30.8 Å². The minimum absolute atomic E-state index is 0.0760. The molecule has 4 bridgehead atoms. The summed E-state index contributed by atoms with van der Waals surface area (Å²) in [6, 6.07) is 13.1. The quantitative estimate of drug-likeness (QED) is 0.0871. The number of fused-ring (bicyclic) bond motifs is 6. The third-order valence-electron chi connectivity index (χ3n) is 18.4. The Kier molecular flexibility index (Phi) is 11.8. The average Bonchev–Trinajstić information content (AvgIpc) is 4.16. The van der Waals surface area contributed by atoms with E-state index in [1.807, 2.05) is 0 Å². The van der Waals surface area contributed by atoms with Crippen molar-refractivity contribution in [3.05, 3.63) is 70.8 Å². The number of aromatic amines is 2. The molecule has 6 aliphatic carbocycles. The van der Waals surface area contributed by atoms with Gasteiger partial charge in [-0.1, -0.05) is 98.9 Å². The Morgan fingerprint density at radius 2 is 1.21 bits per heavy atom. The van der Waals surface area contributed by atoms with E-state index in [-0.39, 0.29) is 45.6 Å². The van der Waals surface area contributed by atoms with E-state index in [9.17, 15) is 19.8 Å². The van der Waals surface area contributed by atoms with Gasteiger partial charge in [0.25, 0.3) is 0 Å². The number of benzene rings is 2. The van der Waals surface area contributed by atoms with Crippen LogP contribution in [0.15, 0.2) is 48.0 Å². The Labute approximate surface area is 393 Å². The second-order valence-electron chi connectivity index (χ2n) is 25.1. The van der Waals surface area contributed by atoms with Crippen LogP contribution in [-0.2, 0) is 9.59 Å². The molecule has 2 heterocycles. The Hall–Kier alpha value is -4.02. The summed E-state index contributed by atoms with van der Waals surface area (Å²) in [4.78, 5) is 44.7. The molecule has 66 heavy (non-hydrogen) atoms. The van der Waals surface area contributed by atoms with Crippen LogP contribution in [-0.4, -0.2) is 54.2 Å². The van der Waals surface area contributed by atoms with E-state index in [2.05, 4.69) is 125 Å². The number of hydrogen-bond donors (Lipinski definition) is 6. The molecule has 4 saturated carbocycles. The highest BCUT2D eigenvalue weighted by atomic mass is 16.3. The van der Waals surface area contributed by atoms with Crippen LogP contribution < -0.4 is 10.6 Å². The zero-order valence-electron chi connectivity index (χ0n) is 42.0. The van der Waals surface area contributed by atoms with E-state index in [4.69, 9.17) is 9.97 Å². The van der Waals surface area contributed by atoms with Crippen molar-refractivity contribution in [2.24, 2.45) is 44.3 Å². The van der Waals surface area contributed by atoms with Crippen LogP contribution in [0.25, 0.3) is 22.1 Å². The SMILES string of the molecule is CC1C(c2ccc3nc(C(NC(=O)C4(C(C)O)CC4)C(C)(C)C)[nH]c3c2)C2=CCC1(C)CCC1(C)CCCC(CC2)CC1c1ccc2nc(C(NC(=O)C3(C(C)O)CC3)C(C)(C)C)[nH]c2c1. The molecular weight excluding hydrogens is 821 g/mol. The van der Waals surface area contributed by atoms with E-state index < -0.39 is 23.0 Å². The summed E-state index contributed by atoms with van der Waals surface area (Å²) in [5, 5.41) is 27.6. The van der Waals surface area contributed by atoms with Crippen LogP contribution in [0.3, 0.4) is 0 Å². The number of amides is 2. The van der Waals surface area contributed by atoms with Crippen molar-refractivity contribution < 1.29 is 19.8 Å². The van der Waals surface area contributed by atoms with Crippen molar-refractivity contribution in [1.29, 1.82) is 0 Å². The lowest BCUT2D eigenvalue weighted by Crippen LogP contribution is -2.44. The number of hydrogen-bond acceptors (Lipinski definition) is 6. The Morgan fingerprint density at radius 3 is 1.71 bits per heavy atom. The average molecular weight is 901 g/mol. The zero-order chi connectivity index (χ0) is 47.4. The topological polar surface area (TPSA) is 156 Å². The standard InChI is InChI=1S/C56H80N6O4/c1-32-44(38-17-19-41-43(31-38)60-48(58-41)46(52(7,8)9)62-50(66)56(27-28-56)34(3)64)36-15-14-35-13-12-21-54(11,24-23-53(32,10)22-20-36)39(29-35)37-16-18-40-42(30-37)59-47(57-40)45(51(4,5)6)61-49(65)55(25-26-55)33(2)63/h16-20,30-35,39,44-46,63-64H,12-15,21-29H2,1-11H3,(H,57,59)(H,58,60)(H,61,65)(H,62,66). The van der Waals surface area contributed by atoms with Gasteiger partial charge in [-0.15, -0.1) is 0 Å². The first-order valence-electron chi connectivity index (χ1n) is 25.6. The molecule has 10 atom stereocenters. The fourth-order valence-electron chi connectivity index (χ4n) is 12.9. The molecule has 10 rings (SSSR count). The molecule has 10 unspecified atom stereocenters. The normalized spacial score (nSPS) is 30.3. The molecule has 2 aromatic heterocycles. The van der Waals surface area contributed by atoms with E-state index in [1.165, 1.54) is 56.1 Å². The highest BCUT2D eigenvalue weighted by Gasteiger charge is 2.56. The van der Waals surface area contributed by atoms with Crippen molar-refractivity contribution in [3.8, 4) is 0 Å². The largest absolute Gasteiger partial charge is 0.392 e. The summed E-state index contributed by atoms with van der Waals surface area (Å²) in [5.74, 6) is 3.22. The minimum Gasteiger partial charge on any atom is -0.392 e. The van der Waals surface area contributed by atoms with Gasteiger partial charge in [0, 0.05) is 5.92 Å². The van der Waals surface area contributed by atoms with Gasteiger partial charge in [-0.05, 0) is 159 Å². The lowest BCUT2D eigenvalue weighted by atomic mass is 9.56. The fraction of sp³-hybridized carbons (Fsp3) is 0.679. The van der Waals surface area contributed by atoms with Gasteiger partial charge in [-0.25, -0.2) is 9.97 Å². The fourth-order valence-corrected chi connectivity index (χ4v) is 12.9. The lowest BCUT2D eigenvalue weighted by Gasteiger charge is -2.48. The van der Waals surface area contributed by atoms with Crippen molar-refractivity contribution in [2.75, 3.05) is 0 Å². The number of nitrogens with zero attached hydrogens (tertiary/aromatic N) is 2. The third-order valence-corrected chi connectivity index (χ3v) is 18.4. The maximum absolute atomic E-state index is 13.6. The van der Waals surface area contributed by atoms with E-state index in [1.54, 1.807) is 19.4 Å². The number of carbonyl (C=O) groups excluding carboxylic acids is 2. The Balaban J connectivity index is 0.979. The molecule has 0 aliphatic heterocycles. The molecule has 10 heteroatoms. The van der Waals surface area contributed by atoms with Crippen molar-refractivity contribution in [1.82, 2.24) is 30.6 Å². The first-order chi connectivity index (χ1) is 31.0. The molecule has 0 spiro atoms. The Bertz CT molecular complexity index is 2510. The number of H-pyrrole nitrogens is 2. The van der Waals surface area contributed by atoms with Gasteiger partial charge >= 0.3 is 0 Å². The molecule has 358 valence electrons. The lowest BCUT2D eigenvalue weighted by molar-refractivity contribution is -0.132. The molecule has 2 amide bonds. The van der Waals surface area contributed by atoms with Crippen LogP contribution in [0, 0.1) is 44.3 Å². The Morgan fingerprint density at radius 1 is 0.712 bits per heavy atom. The van der Waals surface area contributed by atoms with Crippen molar-refractivity contribution in [2.45, 2.75) is 196 Å². The van der Waals surface area contributed by atoms with Crippen LogP contribution >= 0.6 is 0 Å². The van der Waals surface area contributed by atoms with Crippen molar-refractivity contribution >= 4 is 33.9 Å². The van der Waals surface area contributed by atoms with Gasteiger partial charge in [-0.2, -0.15) is 0 Å². The highest BCUT2D eigenvalue weighted by Crippen LogP contribution is 2.58. The number of rotatable bonds is 10. The zero-order valence-corrected chi connectivity index (χ0v) is 42.0. The van der Waals surface area contributed by atoms with Crippen LogP contribution in [0.5, 0.6) is 0 Å². The third kappa shape index (κ3) is 8.47. The van der Waals surface area contributed by atoms with Gasteiger partial charge in [-0.3, -0.25) is 9.59 Å². The van der Waals surface area contributed by atoms with Crippen LogP contribution in [0.1, 0.15) is 206 Å². The van der Waals surface area contributed by atoms with Gasteiger partial charge in [0.1, 0.15) is 11.6 Å². The summed E-state index contributed by atoms with van der Waals surface area (Å²) in [6.07, 6.45) is 14.8. The highest BCUT2D eigenvalue weighted by molar-refractivity contribution is 5.87. The van der Waals surface area contributed by atoms with Gasteiger partial charge in [0.15, 0.2) is 0 Å². The number of aliphatic hydroxyl groups is 2. The summed E-state index contributed by atoms with van der Waals surface area (Å²) in [7, 11) is 0. The van der Waals surface area contributed by atoms with Crippen LogP contribution in [0.4, 0.5) is 0 Å². The number of carbonyl (C=O) groups is 2. The number of allylic oxidation sites excluding steroid dienone is 2. The monoisotopic (exact) mass is 901 g/mol. The number of aliphatic hydroxyl groups excluding tert-OH is 2. The first kappa shape index (κ1) is 47.1. The summed E-state index contributed by atoms with van der Waals surface area (Å²) in [5.41, 5.74) is 6.55. The second kappa shape index (κ2) is 16.6. The summed E-state index contributed by atoms with van der Waals surface area (Å²) >= 11 is 0. The summed E-state index contributed by atoms with van der Waals surface area (Å²) in [6.45, 7) is 24.0. The van der Waals surface area contributed by atoms with E-state index in [0.717, 1.165) is 46.6 Å². The second-order valence-corrected chi connectivity index (χ2v) is 25.1. The molecule has 2 aromatic carbocycles. The minimum atomic E-state index is -0.690.